The molecule has 1 aromatic rings. The van der Waals surface area contributed by atoms with E-state index in [1.165, 1.54) is 0 Å². The zero-order valence-corrected chi connectivity index (χ0v) is 11.0. The average Bonchev–Trinajstić information content (AvgIpc) is 2.38. The van der Waals surface area contributed by atoms with Crippen LogP contribution < -0.4 is 5.73 Å². The fraction of sp³-hybridized carbons (Fsp3) is 0.462. The van der Waals surface area contributed by atoms with E-state index in [0.717, 1.165) is 5.56 Å². The van der Waals surface area contributed by atoms with Gasteiger partial charge in [0.05, 0.1) is 13.2 Å². The molecule has 2 rings (SSSR count). The van der Waals surface area contributed by atoms with Gasteiger partial charge in [-0.1, -0.05) is 6.07 Å². The van der Waals surface area contributed by atoms with Crippen molar-refractivity contribution in [2.45, 2.75) is 19.4 Å². The number of hydrogen-bond donors (Lipinski definition) is 1. The third-order valence-corrected chi connectivity index (χ3v) is 3.29. The van der Waals surface area contributed by atoms with Crippen molar-refractivity contribution in [3.05, 3.63) is 29.6 Å². The molecule has 1 aliphatic rings. The van der Waals surface area contributed by atoms with Gasteiger partial charge >= 0.3 is 0 Å². The highest BCUT2D eigenvalue weighted by Gasteiger charge is 2.39. The van der Waals surface area contributed by atoms with E-state index in [2.05, 4.69) is 4.98 Å². The van der Waals surface area contributed by atoms with Gasteiger partial charge in [0.15, 0.2) is 5.60 Å². The standard InChI is InChI=1S/C13H17N3O3/c1-9-4-3-5-15-10(9)11(17)16-6-7-19-13(2,8-16)12(14)18/h3-5H,6-8H2,1-2H3,(H2,14,18). The van der Waals surface area contributed by atoms with Gasteiger partial charge in [-0.25, -0.2) is 0 Å². The monoisotopic (exact) mass is 263 g/mol. The minimum absolute atomic E-state index is 0.150. The molecule has 102 valence electrons. The summed E-state index contributed by atoms with van der Waals surface area (Å²) in [5.74, 6) is -0.767. The quantitative estimate of drug-likeness (QED) is 0.820. The van der Waals surface area contributed by atoms with Crippen molar-refractivity contribution in [2.75, 3.05) is 19.7 Å². The van der Waals surface area contributed by atoms with Gasteiger partial charge in [0.2, 0.25) is 0 Å². The number of nitrogens with two attached hydrogens (primary N) is 1. The lowest BCUT2D eigenvalue weighted by molar-refractivity contribution is -0.150. The number of pyridine rings is 1. The van der Waals surface area contributed by atoms with Crippen LogP contribution in [-0.4, -0.2) is 47.0 Å². The summed E-state index contributed by atoms with van der Waals surface area (Å²) in [7, 11) is 0. The van der Waals surface area contributed by atoms with Crippen LogP contribution >= 0.6 is 0 Å². The maximum absolute atomic E-state index is 12.4. The zero-order valence-electron chi connectivity index (χ0n) is 11.0. The summed E-state index contributed by atoms with van der Waals surface area (Å²) in [5, 5.41) is 0. The summed E-state index contributed by atoms with van der Waals surface area (Å²) in [4.78, 5) is 29.4. The van der Waals surface area contributed by atoms with E-state index in [0.29, 0.717) is 12.2 Å². The lowest BCUT2D eigenvalue weighted by atomic mass is 10.0. The molecule has 0 radical (unpaired) electrons. The number of aromatic nitrogens is 1. The Bertz CT molecular complexity index is 518. The zero-order chi connectivity index (χ0) is 14.0. The van der Waals surface area contributed by atoms with Crippen molar-refractivity contribution in [1.29, 1.82) is 0 Å². The van der Waals surface area contributed by atoms with E-state index in [1.807, 2.05) is 13.0 Å². The van der Waals surface area contributed by atoms with Crippen LogP contribution in [0.15, 0.2) is 18.3 Å². The SMILES string of the molecule is Cc1cccnc1C(=O)N1CCOC(C)(C(N)=O)C1. The molecule has 2 heterocycles. The third-order valence-electron chi connectivity index (χ3n) is 3.29. The maximum atomic E-state index is 12.4. The van der Waals surface area contributed by atoms with Crippen LogP contribution in [0, 0.1) is 6.92 Å². The Morgan fingerprint density at radius 1 is 1.53 bits per heavy atom. The van der Waals surface area contributed by atoms with Gasteiger partial charge in [0, 0.05) is 12.7 Å². The smallest absolute Gasteiger partial charge is 0.272 e. The largest absolute Gasteiger partial charge is 0.367 e. The lowest BCUT2D eigenvalue weighted by Gasteiger charge is -2.38. The molecule has 1 aliphatic heterocycles. The van der Waals surface area contributed by atoms with E-state index >= 15 is 0 Å². The van der Waals surface area contributed by atoms with E-state index in [4.69, 9.17) is 10.5 Å². The van der Waals surface area contributed by atoms with Crippen molar-refractivity contribution in [1.82, 2.24) is 9.88 Å². The molecule has 19 heavy (non-hydrogen) atoms. The Morgan fingerprint density at radius 3 is 2.89 bits per heavy atom. The molecule has 1 unspecified atom stereocenters. The van der Waals surface area contributed by atoms with Crippen LogP contribution in [0.3, 0.4) is 0 Å². The van der Waals surface area contributed by atoms with Crippen LogP contribution in [0.4, 0.5) is 0 Å². The highest BCUT2D eigenvalue weighted by atomic mass is 16.5. The lowest BCUT2D eigenvalue weighted by Crippen LogP contribution is -2.58. The molecule has 2 N–H and O–H groups in total. The summed E-state index contributed by atoms with van der Waals surface area (Å²) in [6.45, 7) is 4.29. The van der Waals surface area contributed by atoms with Gasteiger partial charge < -0.3 is 15.4 Å². The Morgan fingerprint density at radius 2 is 2.26 bits per heavy atom. The summed E-state index contributed by atoms with van der Waals surface area (Å²) < 4.78 is 5.38. The predicted octanol–water partition coefficient (Wildman–Crippen LogP) is 0.106. The molecule has 6 heteroatoms. The van der Waals surface area contributed by atoms with Crippen molar-refractivity contribution in [2.24, 2.45) is 5.73 Å². The van der Waals surface area contributed by atoms with E-state index in [-0.39, 0.29) is 19.1 Å². The Kier molecular flexibility index (Phi) is 3.53. The topological polar surface area (TPSA) is 85.5 Å². The van der Waals surface area contributed by atoms with E-state index in [1.54, 1.807) is 24.1 Å². The summed E-state index contributed by atoms with van der Waals surface area (Å²) >= 11 is 0. The fourth-order valence-corrected chi connectivity index (χ4v) is 2.05. The second-order valence-electron chi connectivity index (χ2n) is 4.84. The summed E-state index contributed by atoms with van der Waals surface area (Å²) in [6.07, 6.45) is 1.58. The molecule has 6 nitrogen and oxygen atoms in total. The molecule has 0 bridgehead atoms. The van der Waals surface area contributed by atoms with Crippen LogP contribution in [-0.2, 0) is 9.53 Å². The number of carbonyl (C=O) groups is 2. The highest BCUT2D eigenvalue weighted by Crippen LogP contribution is 2.19. The first-order valence-electron chi connectivity index (χ1n) is 6.09. The molecule has 0 aromatic carbocycles. The van der Waals surface area contributed by atoms with Crippen molar-refractivity contribution >= 4 is 11.8 Å². The number of amides is 2. The number of morpholine rings is 1. The number of hydrogen-bond acceptors (Lipinski definition) is 4. The molecule has 2 amide bonds. The Balaban J connectivity index is 2.21. The first-order chi connectivity index (χ1) is 8.94. The molecule has 0 saturated carbocycles. The fourth-order valence-electron chi connectivity index (χ4n) is 2.05. The first-order valence-corrected chi connectivity index (χ1v) is 6.09. The van der Waals surface area contributed by atoms with E-state index < -0.39 is 11.5 Å². The second-order valence-corrected chi connectivity index (χ2v) is 4.84. The average molecular weight is 263 g/mol. The van der Waals surface area contributed by atoms with Crippen LogP contribution in [0.2, 0.25) is 0 Å². The van der Waals surface area contributed by atoms with Crippen molar-refractivity contribution in [3.63, 3.8) is 0 Å². The molecule has 0 aliphatic carbocycles. The third kappa shape index (κ3) is 2.58. The van der Waals surface area contributed by atoms with Gasteiger partial charge in [0.25, 0.3) is 11.8 Å². The second kappa shape index (κ2) is 4.97. The molecular weight excluding hydrogens is 246 g/mol. The van der Waals surface area contributed by atoms with Crippen LogP contribution in [0.1, 0.15) is 23.0 Å². The van der Waals surface area contributed by atoms with E-state index in [9.17, 15) is 9.59 Å². The van der Waals surface area contributed by atoms with Gasteiger partial charge in [-0.2, -0.15) is 0 Å². The maximum Gasteiger partial charge on any atom is 0.272 e. The molecule has 1 aromatic heterocycles. The summed E-state index contributed by atoms with van der Waals surface area (Å²) in [5.41, 5.74) is 5.39. The minimum atomic E-state index is -1.13. The highest BCUT2D eigenvalue weighted by molar-refractivity contribution is 5.94. The molecule has 0 spiro atoms. The summed E-state index contributed by atoms with van der Waals surface area (Å²) in [6, 6.07) is 3.60. The minimum Gasteiger partial charge on any atom is -0.367 e. The number of aryl methyl sites for hydroxylation is 1. The van der Waals surface area contributed by atoms with Gasteiger partial charge in [-0.05, 0) is 25.5 Å². The predicted molar refractivity (Wildman–Crippen MR) is 68.4 cm³/mol. The number of nitrogens with zero attached hydrogens (tertiary/aromatic N) is 2. The number of rotatable bonds is 2. The van der Waals surface area contributed by atoms with Crippen molar-refractivity contribution in [3.8, 4) is 0 Å². The van der Waals surface area contributed by atoms with Crippen molar-refractivity contribution < 1.29 is 14.3 Å². The number of ether oxygens (including phenoxy) is 1. The Labute approximate surface area is 111 Å². The first kappa shape index (κ1) is 13.5. The van der Waals surface area contributed by atoms with Gasteiger partial charge in [-0.3, -0.25) is 14.6 Å². The normalized spacial score (nSPS) is 23.2. The molecule has 1 fully saturated rings. The van der Waals surface area contributed by atoms with Crippen LogP contribution in [0.25, 0.3) is 0 Å². The number of primary amides is 1. The van der Waals surface area contributed by atoms with Gasteiger partial charge in [-0.15, -0.1) is 0 Å². The van der Waals surface area contributed by atoms with Gasteiger partial charge in [0.1, 0.15) is 5.69 Å². The van der Waals surface area contributed by atoms with Crippen LogP contribution in [0.5, 0.6) is 0 Å². The molecule has 1 saturated heterocycles. The number of carbonyl (C=O) groups excluding carboxylic acids is 2. The molecule has 1 atom stereocenters. The molecular formula is C13H17N3O3. The Hall–Kier alpha value is -1.95.